The molecule has 8 nitrogen and oxygen atoms in total. The fraction of sp³-hybridized carbons (Fsp3) is 0.143. The summed E-state index contributed by atoms with van der Waals surface area (Å²) >= 11 is 1.45. The van der Waals surface area contributed by atoms with Crippen LogP contribution < -0.4 is 0 Å². The van der Waals surface area contributed by atoms with Crippen LogP contribution in [-0.2, 0) is 0 Å². The van der Waals surface area contributed by atoms with Crippen molar-refractivity contribution < 1.29 is 4.92 Å². The summed E-state index contributed by atoms with van der Waals surface area (Å²) in [6.07, 6.45) is 3.58. The highest BCUT2D eigenvalue weighted by molar-refractivity contribution is 7.15. The first-order valence-corrected chi connectivity index (χ1v) is 10.1. The van der Waals surface area contributed by atoms with E-state index in [4.69, 9.17) is 5.10 Å². The van der Waals surface area contributed by atoms with Crippen LogP contribution in [0.5, 0.6) is 0 Å². The number of hydrogen-bond donors (Lipinski definition) is 0. The third-order valence-electron chi connectivity index (χ3n) is 4.35. The Morgan fingerprint density at radius 1 is 1.10 bits per heavy atom. The van der Waals surface area contributed by atoms with Gasteiger partial charge in [0, 0.05) is 41.6 Å². The molecule has 4 aromatic rings. The SMILES string of the molecule is CC(C)c1nnc(/N=C/c2cn(-c3ccccc3)nc2-c2ccc([N+](=O)[O-])cc2)s1. The van der Waals surface area contributed by atoms with Crippen molar-refractivity contribution in [1.82, 2.24) is 20.0 Å². The van der Waals surface area contributed by atoms with E-state index in [1.165, 1.54) is 23.5 Å². The van der Waals surface area contributed by atoms with E-state index in [-0.39, 0.29) is 5.69 Å². The van der Waals surface area contributed by atoms with Crippen molar-refractivity contribution in [3.05, 3.63) is 81.5 Å². The molecule has 0 radical (unpaired) electrons. The van der Waals surface area contributed by atoms with E-state index in [0.717, 1.165) is 21.8 Å². The molecule has 2 aromatic carbocycles. The van der Waals surface area contributed by atoms with Crippen LogP contribution in [0.2, 0.25) is 0 Å². The van der Waals surface area contributed by atoms with E-state index >= 15 is 0 Å². The predicted molar refractivity (Wildman–Crippen MR) is 117 cm³/mol. The standard InChI is InChI=1S/C21H18N6O2S/c1-14(2)20-23-24-21(30-20)22-12-16-13-26(17-6-4-3-5-7-17)25-19(16)15-8-10-18(11-9-15)27(28)29/h3-14H,1-2H3/b22-12+. The molecule has 0 amide bonds. The van der Waals surface area contributed by atoms with Crippen molar-refractivity contribution >= 4 is 28.4 Å². The highest BCUT2D eigenvalue weighted by Crippen LogP contribution is 2.27. The van der Waals surface area contributed by atoms with Crippen molar-refractivity contribution in [3.63, 3.8) is 0 Å². The molecule has 0 unspecified atom stereocenters. The maximum atomic E-state index is 11.0. The van der Waals surface area contributed by atoms with Gasteiger partial charge in [0.2, 0.25) is 5.13 Å². The second kappa shape index (κ2) is 8.34. The van der Waals surface area contributed by atoms with Crippen LogP contribution >= 0.6 is 11.3 Å². The molecule has 0 spiro atoms. The summed E-state index contributed by atoms with van der Waals surface area (Å²) in [6, 6.07) is 16.0. The molecule has 9 heteroatoms. The first kappa shape index (κ1) is 19.6. The number of nitrogens with zero attached hydrogens (tertiary/aromatic N) is 6. The van der Waals surface area contributed by atoms with Crippen molar-refractivity contribution in [1.29, 1.82) is 0 Å². The monoisotopic (exact) mass is 418 g/mol. The fourth-order valence-electron chi connectivity index (χ4n) is 2.80. The van der Waals surface area contributed by atoms with Gasteiger partial charge in [-0.25, -0.2) is 9.67 Å². The van der Waals surface area contributed by atoms with Crippen molar-refractivity contribution in [2.24, 2.45) is 4.99 Å². The molecule has 0 aliphatic carbocycles. The molecule has 0 atom stereocenters. The molecular formula is C21H18N6O2S. The number of rotatable bonds is 6. The third-order valence-corrected chi connectivity index (χ3v) is 5.48. The number of nitro benzene ring substituents is 1. The molecule has 0 saturated heterocycles. The van der Waals surface area contributed by atoms with Crippen LogP contribution in [0.4, 0.5) is 10.8 Å². The van der Waals surface area contributed by atoms with Gasteiger partial charge in [-0.15, -0.1) is 10.2 Å². The zero-order valence-corrected chi connectivity index (χ0v) is 17.2. The number of aromatic nitrogens is 4. The molecule has 2 heterocycles. The Kier molecular flexibility index (Phi) is 5.44. The van der Waals surface area contributed by atoms with Gasteiger partial charge in [0.05, 0.1) is 10.6 Å². The molecular weight excluding hydrogens is 400 g/mol. The lowest BCUT2D eigenvalue weighted by atomic mass is 10.1. The molecule has 2 aromatic heterocycles. The lowest BCUT2D eigenvalue weighted by Gasteiger charge is -2.00. The van der Waals surface area contributed by atoms with Gasteiger partial charge in [0.15, 0.2) is 0 Å². The predicted octanol–water partition coefficient (Wildman–Crippen LogP) is 5.17. The maximum Gasteiger partial charge on any atom is 0.269 e. The van der Waals surface area contributed by atoms with Crippen LogP contribution in [0.3, 0.4) is 0 Å². The Morgan fingerprint density at radius 2 is 1.83 bits per heavy atom. The Labute approximate surface area is 176 Å². The Hall–Kier alpha value is -3.72. The summed E-state index contributed by atoms with van der Waals surface area (Å²) in [4.78, 5) is 15.0. The van der Waals surface area contributed by atoms with Crippen molar-refractivity contribution in [2.45, 2.75) is 19.8 Å². The zero-order chi connectivity index (χ0) is 21.1. The number of non-ortho nitro benzene ring substituents is 1. The van der Waals surface area contributed by atoms with Crippen molar-refractivity contribution in [2.75, 3.05) is 0 Å². The van der Waals surface area contributed by atoms with Crippen LogP contribution in [0.1, 0.15) is 30.3 Å². The number of hydrogen-bond acceptors (Lipinski definition) is 7. The van der Waals surface area contributed by atoms with E-state index in [1.54, 1.807) is 23.0 Å². The lowest BCUT2D eigenvalue weighted by molar-refractivity contribution is -0.384. The molecule has 0 N–H and O–H groups in total. The summed E-state index contributed by atoms with van der Waals surface area (Å²) in [5.41, 5.74) is 3.14. The van der Waals surface area contributed by atoms with E-state index < -0.39 is 4.92 Å². The second-order valence-electron chi connectivity index (χ2n) is 6.85. The smallest absolute Gasteiger partial charge is 0.258 e. The second-order valence-corrected chi connectivity index (χ2v) is 7.84. The van der Waals surface area contributed by atoms with Crippen LogP contribution in [0.15, 0.2) is 65.8 Å². The van der Waals surface area contributed by atoms with Crippen LogP contribution in [0, 0.1) is 10.1 Å². The van der Waals surface area contributed by atoms with Gasteiger partial charge in [0.1, 0.15) is 10.7 Å². The summed E-state index contributed by atoms with van der Waals surface area (Å²) in [7, 11) is 0. The van der Waals surface area contributed by atoms with Crippen LogP contribution in [0.25, 0.3) is 16.9 Å². The number of benzene rings is 2. The maximum absolute atomic E-state index is 11.0. The van der Waals surface area contributed by atoms with Gasteiger partial charge in [-0.1, -0.05) is 43.4 Å². The Balaban J connectivity index is 1.74. The first-order chi connectivity index (χ1) is 14.5. The molecule has 0 fully saturated rings. The lowest BCUT2D eigenvalue weighted by Crippen LogP contribution is -1.94. The minimum atomic E-state index is -0.420. The van der Waals surface area contributed by atoms with E-state index in [2.05, 4.69) is 29.0 Å². The average Bonchev–Trinajstić information content (AvgIpc) is 3.40. The largest absolute Gasteiger partial charge is 0.269 e. The number of nitro groups is 1. The molecule has 0 saturated carbocycles. The minimum absolute atomic E-state index is 0.0338. The molecule has 4 rings (SSSR count). The molecule has 150 valence electrons. The quantitative estimate of drug-likeness (QED) is 0.244. The molecule has 0 aliphatic heterocycles. The van der Waals surface area contributed by atoms with E-state index in [0.29, 0.717) is 16.7 Å². The topological polar surface area (TPSA) is 99.1 Å². The normalized spacial score (nSPS) is 11.4. The van der Waals surface area contributed by atoms with Crippen molar-refractivity contribution in [3.8, 4) is 16.9 Å². The fourth-order valence-corrected chi connectivity index (χ4v) is 3.49. The van der Waals surface area contributed by atoms with Gasteiger partial charge in [-0.05, 0) is 24.3 Å². The summed E-state index contributed by atoms with van der Waals surface area (Å²) in [6.45, 7) is 4.12. The van der Waals surface area contributed by atoms with Crippen LogP contribution in [-0.4, -0.2) is 31.1 Å². The molecule has 0 bridgehead atoms. The van der Waals surface area contributed by atoms with E-state index in [1.807, 2.05) is 36.5 Å². The average molecular weight is 418 g/mol. The zero-order valence-electron chi connectivity index (χ0n) is 16.3. The Morgan fingerprint density at radius 3 is 2.47 bits per heavy atom. The highest BCUT2D eigenvalue weighted by Gasteiger charge is 2.14. The van der Waals surface area contributed by atoms with Gasteiger partial charge < -0.3 is 0 Å². The minimum Gasteiger partial charge on any atom is -0.258 e. The van der Waals surface area contributed by atoms with Gasteiger partial charge in [-0.3, -0.25) is 10.1 Å². The Bertz CT molecular complexity index is 1200. The van der Waals surface area contributed by atoms with Gasteiger partial charge in [0.25, 0.3) is 5.69 Å². The van der Waals surface area contributed by atoms with E-state index in [9.17, 15) is 10.1 Å². The summed E-state index contributed by atoms with van der Waals surface area (Å²) in [5, 5.41) is 25.4. The molecule has 30 heavy (non-hydrogen) atoms. The summed E-state index contributed by atoms with van der Waals surface area (Å²) < 4.78 is 1.76. The highest BCUT2D eigenvalue weighted by atomic mass is 32.1. The first-order valence-electron chi connectivity index (χ1n) is 9.28. The molecule has 0 aliphatic rings. The van der Waals surface area contributed by atoms with Gasteiger partial charge in [-0.2, -0.15) is 5.10 Å². The summed E-state index contributed by atoms with van der Waals surface area (Å²) in [5.74, 6) is 0.294. The number of para-hydroxylation sites is 1. The third kappa shape index (κ3) is 4.15. The van der Waals surface area contributed by atoms with Gasteiger partial charge >= 0.3 is 0 Å². The number of aliphatic imine (C=N–C) groups is 1.